The molecule has 24 heavy (non-hydrogen) atoms. The summed E-state index contributed by atoms with van der Waals surface area (Å²) in [5, 5.41) is 7.94. The van der Waals surface area contributed by atoms with Crippen LogP contribution in [0.1, 0.15) is 36.9 Å². The van der Waals surface area contributed by atoms with E-state index in [1.54, 1.807) is 31.6 Å². The van der Waals surface area contributed by atoms with Crippen molar-refractivity contribution in [2.45, 2.75) is 32.2 Å². The molecule has 1 fully saturated rings. The second kappa shape index (κ2) is 7.53. The van der Waals surface area contributed by atoms with E-state index in [0.29, 0.717) is 25.0 Å². The summed E-state index contributed by atoms with van der Waals surface area (Å²) in [4.78, 5) is 18.7. The number of ether oxygens (including phenoxy) is 1. The molecule has 0 spiro atoms. The molecule has 1 aliphatic rings. The molecule has 3 rings (SSSR count). The number of methoxy groups -OCH3 is 1. The third-order valence-electron chi connectivity index (χ3n) is 4.55. The minimum Gasteiger partial charge on any atom is -0.412 e. The van der Waals surface area contributed by atoms with Crippen LogP contribution in [-0.2, 0) is 4.74 Å². The molecular weight excluding hydrogens is 308 g/mol. The maximum absolute atomic E-state index is 12.9. The Morgan fingerprint density at radius 2 is 2.12 bits per heavy atom. The lowest BCUT2D eigenvalue weighted by Gasteiger charge is -2.30. The van der Waals surface area contributed by atoms with Gasteiger partial charge in [0, 0.05) is 37.7 Å². The molecule has 1 aliphatic carbocycles. The first-order chi connectivity index (χ1) is 11.7. The van der Waals surface area contributed by atoms with Gasteiger partial charge < -0.3 is 14.1 Å². The van der Waals surface area contributed by atoms with Crippen molar-refractivity contribution < 1.29 is 13.9 Å². The van der Waals surface area contributed by atoms with Gasteiger partial charge in [-0.25, -0.2) is 0 Å². The van der Waals surface area contributed by atoms with Gasteiger partial charge in [0.05, 0.1) is 6.61 Å². The standard InChI is InChI=1S/C17H22N4O3/c1-12-4-3-5-14(12)21(10-11-23-2)17(22)16-20-19-15(24-16)13-6-8-18-9-7-13/h6-9,12,14H,3-5,10-11H2,1-2H3. The monoisotopic (exact) mass is 330 g/mol. The van der Waals surface area contributed by atoms with E-state index in [4.69, 9.17) is 9.15 Å². The van der Waals surface area contributed by atoms with Crippen LogP contribution in [0.5, 0.6) is 0 Å². The zero-order valence-corrected chi connectivity index (χ0v) is 14.0. The van der Waals surface area contributed by atoms with Crippen LogP contribution in [0.4, 0.5) is 0 Å². The summed E-state index contributed by atoms with van der Waals surface area (Å²) in [7, 11) is 1.63. The Morgan fingerprint density at radius 3 is 2.79 bits per heavy atom. The molecule has 1 amide bonds. The average molecular weight is 330 g/mol. The number of pyridine rings is 1. The van der Waals surface area contributed by atoms with Crippen molar-refractivity contribution in [3.05, 3.63) is 30.4 Å². The number of aromatic nitrogens is 3. The first-order valence-electron chi connectivity index (χ1n) is 8.24. The van der Waals surface area contributed by atoms with Crippen LogP contribution < -0.4 is 0 Å². The number of rotatable bonds is 6. The van der Waals surface area contributed by atoms with Crippen molar-refractivity contribution in [3.63, 3.8) is 0 Å². The molecule has 0 aromatic carbocycles. The molecule has 0 bridgehead atoms. The minimum absolute atomic E-state index is 0.0250. The molecule has 7 nitrogen and oxygen atoms in total. The van der Waals surface area contributed by atoms with Crippen LogP contribution in [0, 0.1) is 5.92 Å². The van der Waals surface area contributed by atoms with E-state index >= 15 is 0 Å². The summed E-state index contributed by atoms with van der Waals surface area (Å²) in [5.74, 6) is 0.593. The van der Waals surface area contributed by atoms with Crippen LogP contribution in [-0.4, -0.2) is 52.3 Å². The number of amides is 1. The summed E-state index contributed by atoms with van der Waals surface area (Å²) < 4.78 is 10.8. The van der Waals surface area contributed by atoms with E-state index in [2.05, 4.69) is 22.1 Å². The number of carbonyl (C=O) groups excluding carboxylic acids is 1. The van der Waals surface area contributed by atoms with Crippen molar-refractivity contribution >= 4 is 5.91 Å². The van der Waals surface area contributed by atoms with Crippen LogP contribution in [0.3, 0.4) is 0 Å². The summed E-state index contributed by atoms with van der Waals surface area (Å²) >= 11 is 0. The number of hydrogen-bond donors (Lipinski definition) is 0. The topological polar surface area (TPSA) is 81.4 Å². The van der Waals surface area contributed by atoms with Crippen molar-refractivity contribution in [1.29, 1.82) is 0 Å². The van der Waals surface area contributed by atoms with Gasteiger partial charge in [-0.1, -0.05) is 13.3 Å². The lowest BCUT2D eigenvalue weighted by molar-refractivity contribution is 0.0523. The summed E-state index contributed by atoms with van der Waals surface area (Å²) in [5.41, 5.74) is 0.745. The molecule has 0 saturated heterocycles. The molecule has 2 aromatic heterocycles. The molecule has 2 atom stereocenters. The lowest BCUT2D eigenvalue weighted by atomic mass is 10.0. The van der Waals surface area contributed by atoms with E-state index < -0.39 is 0 Å². The second-order valence-electron chi connectivity index (χ2n) is 6.12. The number of nitrogens with zero attached hydrogens (tertiary/aromatic N) is 4. The van der Waals surface area contributed by atoms with Crippen molar-refractivity contribution in [2.24, 2.45) is 5.92 Å². The second-order valence-corrected chi connectivity index (χ2v) is 6.12. The highest BCUT2D eigenvalue weighted by Gasteiger charge is 2.34. The fraction of sp³-hybridized carbons (Fsp3) is 0.529. The Kier molecular flexibility index (Phi) is 5.20. The summed E-state index contributed by atoms with van der Waals surface area (Å²) in [6.45, 7) is 3.19. The quantitative estimate of drug-likeness (QED) is 0.809. The zero-order chi connectivity index (χ0) is 16.9. The maximum Gasteiger partial charge on any atom is 0.311 e. The van der Waals surface area contributed by atoms with Gasteiger partial charge in [0.2, 0.25) is 5.89 Å². The third-order valence-corrected chi connectivity index (χ3v) is 4.55. The molecule has 1 saturated carbocycles. The minimum atomic E-state index is -0.224. The Labute approximate surface area is 141 Å². The van der Waals surface area contributed by atoms with Gasteiger partial charge in [0.15, 0.2) is 0 Å². The largest absolute Gasteiger partial charge is 0.412 e. The van der Waals surface area contributed by atoms with Gasteiger partial charge in [-0.2, -0.15) is 0 Å². The normalized spacial score (nSPS) is 20.2. The smallest absolute Gasteiger partial charge is 0.311 e. The molecule has 2 heterocycles. The molecule has 7 heteroatoms. The first-order valence-corrected chi connectivity index (χ1v) is 8.24. The van der Waals surface area contributed by atoms with Crippen LogP contribution in [0.25, 0.3) is 11.5 Å². The lowest BCUT2D eigenvalue weighted by Crippen LogP contribution is -2.43. The van der Waals surface area contributed by atoms with Crippen LogP contribution >= 0.6 is 0 Å². The molecule has 0 radical (unpaired) electrons. The highest BCUT2D eigenvalue weighted by Crippen LogP contribution is 2.30. The van der Waals surface area contributed by atoms with Crippen LogP contribution in [0.2, 0.25) is 0 Å². The zero-order valence-electron chi connectivity index (χ0n) is 14.0. The molecule has 2 unspecified atom stereocenters. The van der Waals surface area contributed by atoms with Crippen LogP contribution in [0.15, 0.2) is 28.9 Å². The molecule has 0 aliphatic heterocycles. The van der Waals surface area contributed by atoms with E-state index in [1.165, 1.54) is 0 Å². The first kappa shape index (κ1) is 16.6. The van der Waals surface area contributed by atoms with Crippen molar-refractivity contribution in [1.82, 2.24) is 20.1 Å². The van der Waals surface area contributed by atoms with Crippen molar-refractivity contribution in [3.8, 4) is 11.5 Å². The Bertz CT molecular complexity index is 673. The predicted octanol–water partition coefficient (Wildman–Crippen LogP) is 2.41. The highest BCUT2D eigenvalue weighted by molar-refractivity contribution is 5.90. The van der Waals surface area contributed by atoms with Gasteiger partial charge in [-0.05, 0) is 30.9 Å². The van der Waals surface area contributed by atoms with Gasteiger partial charge in [0.25, 0.3) is 0 Å². The molecule has 0 N–H and O–H groups in total. The molecular formula is C17H22N4O3. The third kappa shape index (κ3) is 3.46. The SMILES string of the molecule is COCCN(C(=O)c1nnc(-c2ccncc2)o1)C1CCCC1C. The maximum atomic E-state index is 12.9. The van der Waals surface area contributed by atoms with E-state index in [1.807, 2.05) is 4.90 Å². The van der Waals surface area contributed by atoms with Gasteiger partial charge >= 0.3 is 11.8 Å². The van der Waals surface area contributed by atoms with Gasteiger partial charge in [-0.15, -0.1) is 10.2 Å². The summed E-state index contributed by atoms with van der Waals surface area (Å²) in [6.07, 6.45) is 6.56. The molecule has 2 aromatic rings. The highest BCUT2D eigenvalue weighted by atomic mass is 16.5. The van der Waals surface area contributed by atoms with Gasteiger partial charge in [0.1, 0.15) is 0 Å². The van der Waals surface area contributed by atoms with Gasteiger partial charge in [-0.3, -0.25) is 9.78 Å². The number of hydrogen-bond acceptors (Lipinski definition) is 6. The fourth-order valence-electron chi connectivity index (χ4n) is 3.24. The van der Waals surface area contributed by atoms with Crippen molar-refractivity contribution in [2.75, 3.05) is 20.3 Å². The predicted molar refractivity (Wildman–Crippen MR) is 87.2 cm³/mol. The molecule has 128 valence electrons. The fourth-order valence-corrected chi connectivity index (χ4v) is 3.24. The Balaban J connectivity index is 1.81. The van der Waals surface area contributed by atoms with E-state index in [0.717, 1.165) is 24.8 Å². The Hall–Kier alpha value is -2.28. The van der Waals surface area contributed by atoms with E-state index in [-0.39, 0.29) is 17.8 Å². The van der Waals surface area contributed by atoms with E-state index in [9.17, 15) is 4.79 Å². The average Bonchev–Trinajstić information content (AvgIpc) is 3.26. The number of carbonyl (C=O) groups is 1. The summed E-state index contributed by atoms with van der Waals surface area (Å²) in [6, 6.07) is 3.73. The Morgan fingerprint density at radius 1 is 1.33 bits per heavy atom.